The van der Waals surface area contributed by atoms with Crippen LogP contribution < -0.4 is 21.5 Å². The maximum Gasteiger partial charge on any atom is 0.144 e. The van der Waals surface area contributed by atoms with Gasteiger partial charge in [0.25, 0.3) is 0 Å². The van der Waals surface area contributed by atoms with Gasteiger partial charge in [0.1, 0.15) is 25.1 Å². The van der Waals surface area contributed by atoms with E-state index in [1.807, 2.05) is 6.08 Å². The van der Waals surface area contributed by atoms with Crippen molar-refractivity contribution in [1.82, 2.24) is 0 Å². The van der Waals surface area contributed by atoms with E-state index in [0.717, 1.165) is 70.8 Å². The molecule has 17 atom stereocenters. The third kappa shape index (κ3) is 8.46. The Balaban J connectivity index is 1.08. The number of aliphatic hydroxyl groups is 4. The van der Waals surface area contributed by atoms with Crippen LogP contribution in [0, 0.1) is 40.4 Å². The molecule has 7 rings (SSSR count). The first kappa shape index (κ1) is 41.9. The molecule has 6 fully saturated rings. The summed E-state index contributed by atoms with van der Waals surface area (Å²) in [6.45, 7) is 3.12. The molecule has 13 heteroatoms. The number of fused-ring (bicyclic) bond motifs is 1. The number of carbonyl (C=O) groups excluding carboxylic acids is 1. The Morgan fingerprint density at radius 3 is 2.45 bits per heavy atom. The average molecular weight is 779 g/mol. The van der Waals surface area contributed by atoms with Crippen LogP contribution in [0.4, 0.5) is 0 Å². The monoisotopic (exact) mass is 779 g/mol. The SMILES string of the molecule is COC1CC([C@H]2C[C@@H](O)C[C@H](CCC3CCC(O)C(OCO)C3)O2)CC(OC[C@@H]2[NH2+][C@@H](C)CC3(CCCC3)[C@]23[C@@H](C2CC[NH2+]C(N)C2)C=C[C@H]3C(=O)[O-])C1O. The van der Waals surface area contributed by atoms with Crippen LogP contribution in [0.2, 0.25) is 0 Å². The molecule has 2 spiro atoms. The lowest BCUT2D eigenvalue weighted by Crippen LogP contribution is -3.03. The summed E-state index contributed by atoms with van der Waals surface area (Å²) in [5.74, 6) is -1.01. The van der Waals surface area contributed by atoms with E-state index in [9.17, 15) is 30.3 Å². The van der Waals surface area contributed by atoms with E-state index < -0.39 is 54.6 Å². The molecule has 0 amide bonds. The molecule has 10 N–H and O–H groups in total. The topological polar surface area (TPSA) is 217 Å². The van der Waals surface area contributed by atoms with Crippen molar-refractivity contribution in [3.8, 4) is 0 Å². The van der Waals surface area contributed by atoms with Crippen LogP contribution in [0.3, 0.4) is 0 Å². The molecule has 3 heterocycles. The molecule has 3 aliphatic heterocycles. The van der Waals surface area contributed by atoms with E-state index in [0.29, 0.717) is 57.1 Å². The predicted molar refractivity (Wildman–Crippen MR) is 199 cm³/mol. The van der Waals surface area contributed by atoms with Gasteiger partial charge in [-0.15, -0.1) is 0 Å². The van der Waals surface area contributed by atoms with Crippen LogP contribution >= 0.6 is 0 Å². The molecule has 4 aliphatic carbocycles. The number of carbonyl (C=O) groups is 1. The zero-order chi connectivity index (χ0) is 38.9. The summed E-state index contributed by atoms with van der Waals surface area (Å²) in [5, 5.41) is 60.2. The molecule has 0 aromatic carbocycles. The summed E-state index contributed by atoms with van der Waals surface area (Å²) in [5.41, 5.74) is 5.81. The molecule has 55 heavy (non-hydrogen) atoms. The van der Waals surface area contributed by atoms with Crippen molar-refractivity contribution in [3.63, 3.8) is 0 Å². The van der Waals surface area contributed by atoms with Crippen molar-refractivity contribution in [2.75, 3.05) is 27.1 Å². The second-order valence-corrected chi connectivity index (χ2v) is 19.0. The Bertz CT molecular complexity index is 1300. The Labute approximate surface area is 327 Å². The fourth-order valence-electron chi connectivity index (χ4n) is 13.7. The van der Waals surface area contributed by atoms with E-state index in [2.05, 4.69) is 23.6 Å². The highest BCUT2D eigenvalue weighted by Gasteiger charge is 2.70. The quantitative estimate of drug-likeness (QED) is 0.0983. The molecule has 314 valence electrons. The highest BCUT2D eigenvalue weighted by atomic mass is 16.6. The third-order valence-electron chi connectivity index (χ3n) is 15.9. The predicted octanol–water partition coefficient (Wildman–Crippen LogP) is -0.576. The van der Waals surface area contributed by atoms with E-state index in [-0.39, 0.29) is 53.7 Å². The van der Waals surface area contributed by atoms with Gasteiger partial charge < -0.3 is 59.9 Å². The first-order valence-corrected chi connectivity index (χ1v) is 21.9. The fourth-order valence-corrected chi connectivity index (χ4v) is 13.7. The molecule has 9 unspecified atom stereocenters. The highest BCUT2D eigenvalue weighted by Crippen LogP contribution is 2.67. The number of methoxy groups -OCH3 is 1. The number of allylic oxidation sites excluding steroid dienone is 1. The van der Waals surface area contributed by atoms with Gasteiger partial charge in [-0.25, -0.2) is 0 Å². The minimum absolute atomic E-state index is 0.00389. The minimum atomic E-state index is -0.996. The zero-order valence-electron chi connectivity index (χ0n) is 33.3. The third-order valence-corrected chi connectivity index (χ3v) is 15.9. The number of carboxylic acid groups (broad SMARTS) is 1. The summed E-state index contributed by atoms with van der Waals surface area (Å²) in [7, 11) is 1.63. The summed E-state index contributed by atoms with van der Waals surface area (Å²) < 4.78 is 25.0. The molecule has 0 aromatic heterocycles. The standard InChI is InChI=1S/C42H71N3O10/c1-24-21-41(12-3-4-13-41)42(30(8-9-31(42)40(50)51)26-11-14-44-38(43)18-26)37(45-24)22-53-36-17-27(16-35(52-2)39(36)49)33-20-28(47)19-29(55-33)7-5-25-6-10-32(48)34(15-25)54-23-46/h8-9,24-39,44-49H,3-7,10-23,43H2,1-2H3,(H,50,51)/p+1/t24-,25?,26?,27?,28-,29-,30+,31-,32?,33+,34?,35?,36?,37-,38?,39?,42-/m0/s1. The van der Waals surface area contributed by atoms with Gasteiger partial charge in [-0.05, 0) is 107 Å². The van der Waals surface area contributed by atoms with Gasteiger partial charge in [0.2, 0.25) is 0 Å². The summed E-state index contributed by atoms with van der Waals surface area (Å²) in [6.07, 6.45) is 13.8. The van der Waals surface area contributed by atoms with Gasteiger partial charge >= 0.3 is 0 Å². The number of piperidine rings is 2. The second-order valence-electron chi connectivity index (χ2n) is 19.0. The maximum absolute atomic E-state index is 13.3. The highest BCUT2D eigenvalue weighted by molar-refractivity contribution is 5.73. The minimum Gasteiger partial charge on any atom is -0.549 e. The van der Waals surface area contributed by atoms with Gasteiger partial charge in [0.15, 0.2) is 0 Å². The van der Waals surface area contributed by atoms with E-state index in [1.165, 1.54) is 0 Å². The molecular formula is C42H72N3O10+. The first-order chi connectivity index (χ1) is 26.5. The molecule has 0 aromatic rings. The number of quaternary nitrogens is 2. The molecular weight excluding hydrogens is 706 g/mol. The van der Waals surface area contributed by atoms with Crippen LogP contribution in [0.5, 0.6) is 0 Å². The van der Waals surface area contributed by atoms with Crippen molar-refractivity contribution in [2.24, 2.45) is 46.2 Å². The van der Waals surface area contributed by atoms with Crippen molar-refractivity contribution in [1.29, 1.82) is 0 Å². The number of carboxylic acids is 1. The molecule has 0 bridgehead atoms. The summed E-state index contributed by atoms with van der Waals surface area (Å²) >= 11 is 0. The van der Waals surface area contributed by atoms with Gasteiger partial charge in [-0.3, -0.25) is 5.73 Å². The Morgan fingerprint density at radius 1 is 0.945 bits per heavy atom. The largest absolute Gasteiger partial charge is 0.549 e. The van der Waals surface area contributed by atoms with Crippen LogP contribution in [-0.2, 0) is 23.7 Å². The van der Waals surface area contributed by atoms with Crippen LogP contribution in [0.1, 0.15) is 110 Å². The number of aliphatic carboxylic acids is 1. The number of ether oxygens (including phenoxy) is 4. The number of nitrogens with two attached hydrogens (primary N) is 3. The average Bonchev–Trinajstić information content (AvgIpc) is 3.80. The summed E-state index contributed by atoms with van der Waals surface area (Å²) in [6, 6.07) is 0.160. The first-order valence-electron chi connectivity index (χ1n) is 21.9. The zero-order valence-corrected chi connectivity index (χ0v) is 33.3. The number of hydrogen-bond acceptors (Lipinski definition) is 11. The van der Waals surface area contributed by atoms with Gasteiger partial charge in [0.05, 0.1) is 61.9 Å². The smallest absolute Gasteiger partial charge is 0.144 e. The van der Waals surface area contributed by atoms with Crippen molar-refractivity contribution >= 4 is 5.97 Å². The molecule has 3 saturated carbocycles. The van der Waals surface area contributed by atoms with Crippen LogP contribution in [0.15, 0.2) is 12.2 Å². The Morgan fingerprint density at radius 2 is 1.73 bits per heavy atom. The van der Waals surface area contributed by atoms with E-state index in [1.54, 1.807) is 7.11 Å². The molecule has 13 nitrogen and oxygen atoms in total. The number of hydrogen-bond donors (Lipinski definition) is 7. The van der Waals surface area contributed by atoms with Crippen molar-refractivity contribution in [2.45, 2.75) is 177 Å². The number of rotatable bonds is 12. The van der Waals surface area contributed by atoms with Crippen molar-refractivity contribution in [3.05, 3.63) is 12.2 Å². The normalized spacial score (nSPS) is 47.4. The lowest BCUT2D eigenvalue weighted by Gasteiger charge is -2.61. The van der Waals surface area contributed by atoms with Gasteiger partial charge in [0, 0.05) is 43.7 Å². The lowest BCUT2D eigenvalue weighted by molar-refractivity contribution is -0.754. The molecule has 0 radical (unpaired) electrons. The number of aliphatic hydroxyl groups excluding tert-OH is 4. The van der Waals surface area contributed by atoms with Gasteiger partial charge in [-0.2, -0.15) is 0 Å². The summed E-state index contributed by atoms with van der Waals surface area (Å²) in [4.78, 5) is 13.3. The van der Waals surface area contributed by atoms with Crippen LogP contribution in [0.25, 0.3) is 0 Å². The fraction of sp³-hybridized carbons (Fsp3) is 0.929. The van der Waals surface area contributed by atoms with Gasteiger partial charge in [-0.1, -0.05) is 25.0 Å². The Kier molecular flexibility index (Phi) is 13.7. The molecule has 7 aliphatic rings. The van der Waals surface area contributed by atoms with Crippen LogP contribution in [-0.4, -0.2) is 121 Å². The maximum atomic E-state index is 13.3. The van der Waals surface area contributed by atoms with E-state index in [4.69, 9.17) is 24.7 Å². The lowest BCUT2D eigenvalue weighted by atomic mass is 9.45. The van der Waals surface area contributed by atoms with E-state index >= 15 is 0 Å². The molecule has 3 saturated heterocycles. The van der Waals surface area contributed by atoms with Crippen molar-refractivity contribution < 1.29 is 59.9 Å². The second kappa shape index (κ2) is 17.9. The Hall–Kier alpha value is -1.23.